The van der Waals surface area contributed by atoms with Crippen LogP contribution in [0.4, 0.5) is 17.2 Å². The van der Waals surface area contributed by atoms with E-state index in [4.69, 9.17) is 18.6 Å². The molecule has 0 spiro atoms. The lowest BCUT2D eigenvalue weighted by Gasteiger charge is -2.10. The van der Waals surface area contributed by atoms with Gasteiger partial charge in [-0.2, -0.15) is 9.97 Å². The summed E-state index contributed by atoms with van der Waals surface area (Å²) in [4.78, 5) is 30.9. The van der Waals surface area contributed by atoms with Crippen molar-refractivity contribution in [3.05, 3.63) is 87.9 Å². The molecule has 0 bridgehead atoms. The van der Waals surface area contributed by atoms with E-state index < -0.39 is 20.9 Å². The summed E-state index contributed by atoms with van der Waals surface area (Å²) < 4.78 is 49.0. The third kappa shape index (κ3) is 6.63. The average molecular weight is 570 g/mol. The lowest BCUT2D eigenvalue weighted by Crippen LogP contribution is -2.15. The van der Waals surface area contributed by atoms with E-state index in [-0.39, 0.29) is 40.7 Å². The Labute approximate surface area is 228 Å². The second kappa shape index (κ2) is 11.7. The predicted molar refractivity (Wildman–Crippen MR) is 141 cm³/mol. The highest BCUT2D eigenvalue weighted by atomic mass is 32.2. The van der Waals surface area contributed by atoms with Crippen LogP contribution in [0.5, 0.6) is 17.6 Å². The summed E-state index contributed by atoms with van der Waals surface area (Å²) in [5, 5.41) is 13.6. The van der Waals surface area contributed by atoms with Crippen molar-refractivity contribution in [2.24, 2.45) is 0 Å². The number of hydrogen-bond donors (Lipinski definition) is 2. The van der Waals surface area contributed by atoms with Crippen LogP contribution >= 0.6 is 0 Å². The Hall–Kier alpha value is -5.18. The molecule has 0 atom stereocenters. The summed E-state index contributed by atoms with van der Waals surface area (Å²) in [5.41, 5.74) is 0.759. The zero-order valence-electron chi connectivity index (χ0n) is 21.4. The molecule has 0 radical (unpaired) electrons. The molecule has 14 nitrogen and oxygen atoms in total. The summed E-state index contributed by atoms with van der Waals surface area (Å²) in [7, 11) is -1.32. The Morgan fingerprint density at radius 1 is 1.02 bits per heavy atom. The molecule has 40 heavy (non-hydrogen) atoms. The van der Waals surface area contributed by atoms with Gasteiger partial charge < -0.3 is 23.9 Å². The second-order valence-electron chi connectivity index (χ2n) is 8.13. The van der Waals surface area contributed by atoms with Gasteiger partial charge in [0.1, 0.15) is 18.1 Å². The maximum absolute atomic E-state index is 12.8. The zero-order chi connectivity index (χ0) is 28.9. The van der Waals surface area contributed by atoms with E-state index in [9.17, 15) is 23.3 Å². The molecule has 0 aliphatic heterocycles. The van der Waals surface area contributed by atoms with E-state index >= 15 is 0 Å². The van der Waals surface area contributed by atoms with Crippen LogP contribution in [0.2, 0.25) is 0 Å². The second-order valence-corrected chi connectivity index (χ2v) is 9.81. The molecule has 0 aliphatic rings. The first-order valence-corrected chi connectivity index (χ1v) is 12.9. The molecule has 4 aromatic rings. The van der Waals surface area contributed by atoms with E-state index in [0.717, 1.165) is 0 Å². The normalized spacial score (nSPS) is 11.0. The van der Waals surface area contributed by atoms with Crippen molar-refractivity contribution in [3.8, 4) is 17.6 Å². The molecule has 0 fully saturated rings. The van der Waals surface area contributed by atoms with Crippen molar-refractivity contribution in [2.45, 2.75) is 18.4 Å². The number of aromatic nitrogens is 2. The fourth-order valence-corrected chi connectivity index (χ4v) is 4.41. The van der Waals surface area contributed by atoms with Crippen LogP contribution in [0.1, 0.15) is 21.9 Å². The van der Waals surface area contributed by atoms with Gasteiger partial charge in [-0.25, -0.2) is 8.42 Å². The number of benzene rings is 2. The highest BCUT2D eigenvalue weighted by Crippen LogP contribution is 2.25. The number of amides is 1. The molecular weight excluding hydrogens is 546 g/mol. The van der Waals surface area contributed by atoms with Gasteiger partial charge in [-0.05, 0) is 55.5 Å². The highest BCUT2D eigenvalue weighted by molar-refractivity contribution is 7.92. The number of furan rings is 1. The monoisotopic (exact) mass is 569 g/mol. The van der Waals surface area contributed by atoms with Gasteiger partial charge in [0, 0.05) is 23.4 Å². The van der Waals surface area contributed by atoms with E-state index in [0.29, 0.717) is 22.8 Å². The Bertz CT molecular complexity index is 1630. The number of carbonyl (C=O) groups is 1. The molecule has 4 rings (SSSR count). The molecule has 0 saturated heterocycles. The number of anilines is 2. The van der Waals surface area contributed by atoms with Crippen LogP contribution in [0.3, 0.4) is 0 Å². The third-order valence-corrected chi connectivity index (χ3v) is 6.74. The number of hydrogen-bond acceptors (Lipinski definition) is 11. The summed E-state index contributed by atoms with van der Waals surface area (Å²) in [6, 6.07) is 14.0. The van der Waals surface area contributed by atoms with Gasteiger partial charge in [0.05, 0.1) is 24.0 Å². The standard InChI is InChI=1S/C25H23N5O9S/c1-15-12-17(6-10-20(15)30(32)33)38-14-18-7-11-21(39-18)24(31)26-16-4-8-19(9-5-16)40(34,35)29-22-13-23(36-2)28-25(27-22)37-3/h4-13H,14H2,1-3H3,(H,26,31)(H,27,28,29). The number of nitro groups is 1. The minimum Gasteiger partial charge on any atom is -0.486 e. The quantitative estimate of drug-likeness (QED) is 0.197. The van der Waals surface area contributed by atoms with Crippen LogP contribution in [0.15, 0.2) is 70.0 Å². The SMILES string of the molecule is COc1cc(NS(=O)(=O)c2ccc(NC(=O)c3ccc(COc4ccc([N+](=O)[O-])c(C)c4)o3)cc2)nc(OC)n1. The van der Waals surface area contributed by atoms with Crippen LogP contribution in [0.25, 0.3) is 0 Å². The molecule has 1 amide bonds. The first kappa shape index (κ1) is 27.8. The van der Waals surface area contributed by atoms with Gasteiger partial charge in [0.25, 0.3) is 21.6 Å². The first-order chi connectivity index (χ1) is 19.1. The molecule has 0 unspecified atom stereocenters. The van der Waals surface area contributed by atoms with Gasteiger partial charge in [0.15, 0.2) is 11.6 Å². The van der Waals surface area contributed by atoms with Gasteiger partial charge in [-0.15, -0.1) is 0 Å². The number of ether oxygens (including phenoxy) is 3. The number of sulfonamides is 1. The lowest BCUT2D eigenvalue weighted by molar-refractivity contribution is -0.385. The summed E-state index contributed by atoms with van der Waals surface area (Å²) in [6.45, 7) is 1.60. The number of aryl methyl sites for hydroxylation is 1. The number of nitrogens with zero attached hydrogens (tertiary/aromatic N) is 3. The summed E-state index contributed by atoms with van der Waals surface area (Å²) >= 11 is 0. The molecule has 0 aliphatic carbocycles. The zero-order valence-corrected chi connectivity index (χ0v) is 22.2. The Kier molecular flexibility index (Phi) is 8.14. The number of methoxy groups -OCH3 is 2. The minimum atomic E-state index is -4.03. The largest absolute Gasteiger partial charge is 0.486 e. The van der Waals surface area contributed by atoms with Crippen molar-refractivity contribution >= 4 is 33.1 Å². The maximum Gasteiger partial charge on any atom is 0.321 e. The van der Waals surface area contributed by atoms with Crippen molar-refractivity contribution < 1.29 is 36.8 Å². The predicted octanol–water partition coefficient (Wildman–Crippen LogP) is 3.94. The number of nitrogens with one attached hydrogen (secondary N) is 2. The van der Waals surface area contributed by atoms with Crippen LogP contribution in [-0.4, -0.2) is 43.4 Å². The molecule has 208 valence electrons. The van der Waals surface area contributed by atoms with Crippen molar-refractivity contribution in [2.75, 3.05) is 24.3 Å². The highest BCUT2D eigenvalue weighted by Gasteiger charge is 2.18. The molecule has 2 aromatic carbocycles. The van der Waals surface area contributed by atoms with Crippen molar-refractivity contribution in [1.82, 2.24) is 9.97 Å². The van der Waals surface area contributed by atoms with Crippen LogP contribution < -0.4 is 24.2 Å². The summed E-state index contributed by atoms with van der Waals surface area (Å²) in [6.07, 6.45) is 0. The van der Waals surface area contributed by atoms with Gasteiger partial charge in [0.2, 0.25) is 5.88 Å². The molecule has 2 N–H and O–H groups in total. The smallest absolute Gasteiger partial charge is 0.321 e. The van der Waals surface area contributed by atoms with E-state index in [1.165, 1.54) is 68.8 Å². The fraction of sp³-hybridized carbons (Fsp3) is 0.160. The average Bonchev–Trinajstić information content (AvgIpc) is 3.41. The number of carbonyl (C=O) groups excluding carboxylic acids is 1. The molecule has 2 heterocycles. The number of rotatable bonds is 11. The number of nitro benzene ring substituents is 1. The van der Waals surface area contributed by atoms with Gasteiger partial charge in [-0.1, -0.05) is 0 Å². The molecule has 2 aromatic heterocycles. The van der Waals surface area contributed by atoms with E-state index in [1.54, 1.807) is 13.0 Å². The Balaban J connectivity index is 1.36. The topological polar surface area (TPSA) is 185 Å². The van der Waals surface area contributed by atoms with E-state index in [2.05, 4.69) is 20.0 Å². The van der Waals surface area contributed by atoms with Gasteiger partial charge >= 0.3 is 6.01 Å². The van der Waals surface area contributed by atoms with Crippen LogP contribution in [-0.2, 0) is 16.6 Å². The fourth-order valence-electron chi connectivity index (χ4n) is 3.41. The first-order valence-electron chi connectivity index (χ1n) is 11.5. The minimum absolute atomic E-state index is 0.00324. The van der Waals surface area contributed by atoms with E-state index in [1.807, 2.05) is 0 Å². The van der Waals surface area contributed by atoms with Crippen LogP contribution in [0, 0.1) is 17.0 Å². The van der Waals surface area contributed by atoms with Gasteiger partial charge in [-0.3, -0.25) is 19.6 Å². The summed E-state index contributed by atoms with van der Waals surface area (Å²) in [5.74, 6) is 0.258. The Morgan fingerprint density at radius 3 is 2.42 bits per heavy atom. The molecule has 0 saturated carbocycles. The third-order valence-electron chi connectivity index (χ3n) is 5.37. The molecule has 15 heteroatoms. The lowest BCUT2D eigenvalue weighted by atomic mass is 10.2. The maximum atomic E-state index is 12.8. The Morgan fingerprint density at radius 2 is 1.77 bits per heavy atom. The molecular formula is C25H23N5O9S. The van der Waals surface area contributed by atoms with Crippen molar-refractivity contribution in [3.63, 3.8) is 0 Å². The van der Waals surface area contributed by atoms with Crippen molar-refractivity contribution in [1.29, 1.82) is 0 Å².